The average molecular weight is 139 g/mol. The lowest BCUT2D eigenvalue weighted by Crippen LogP contribution is -2.25. The van der Waals surface area contributed by atoms with Gasteiger partial charge in [0.1, 0.15) is 5.82 Å². The van der Waals surface area contributed by atoms with Crippen molar-refractivity contribution in [3.63, 3.8) is 0 Å². The Bertz CT molecular complexity index is 167. The smallest absolute Gasteiger partial charge is 0.103 e. The molecule has 10 heavy (non-hydrogen) atoms. The van der Waals surface area contributed by atoms with Gasteiger partial charge < -0.3 is 16.0 Å². The third-order valence-electron chi connectivity index (χ3n) is 1.21. The van der Waals surface area contributed by atoms with Gasteiger partial charge in [0.05, 0.1) is 0 Å². The van der Waals surface area contributed by atoms with Gasteiger partial charge in [-0.05, 0) is 19.1 Å². The van der Waals surface area contributed by atoms with Gasteiger partial charge in [-0.3, -0.25) is 0 Å². The van der Waals surface area contributed by atoms with Crippen LogP contribution in [0.1, 0.15) is 6.92 Å². The number of hydrogen-bond donors (Lipinski definition) is 3. The summed E-state index contributed by atoms with van der Waals surface area (Å²) >= 11 is 0. The van der Waals surface area contributed by atoms with Crippen LogP contribution in [0.4, 0.5) is 5.82 Å². The van der Waals surface area contributed by atoms with Gasteiger partial charge in [0.25, 0.3) is 0 Å². The lowest BCUT2D eigenvalue weighted by molar-refractivity contribution is 0.778. The van der Waals surface area contributed by atoms with Gasteiger partial charge in [0, 0.05) is 18.8 Å². The molecule has 4 N–H and O–H groups in total. The molecule has 0 saturated heterocycles. The maximum atomic E-state index is 5.53. The van der Waals surface area contributed by atoms with Gasteiger partial charge >= 0.3 is 0 Å². The summed E-state index contributed by atoms with van der Waals surface area (Å²) in [4.78, 5) is 3.03. The average Bonchev–Trinajstić information content (AvgIpc) is 2.34. The number of hydrogen-bond acceptors (Lipinski definition) is 2. The highest BCUT2D eigenvalue weighted by molar-refractivity contribution is 5.34. The molecule has 0 aromatic carbocycles. The van der Waals surface area contributed by atoms with Gasteiger partial charge in [-0.25, -0.2) is 0 Å². The number of aromatic amines is 1. The number of H-pyrrole nitrogens is 1. The molecule has 0 aliphatic rings. The van der Waals surface area contributed by atoms with Crippen LogP contribution in [-0.4, -0.2) is 17.6 Å². The molecule has 1 rings (SSSR count). The third-order valence-corrected chi connectivity index (χ3v) is 1.21. The molecule has 0 spiro atoms. The number of aromatic nitrogens is 1. The molecule has 0 amide bonds. The second-order valence-electron chi connectivity index (χ2n) is 2.44. The molecule has 0 saturated carbocycles. The van der Waals surface area contributed by atoms with E-state index in [9.17, 15) is 0 Å². The van der Waals surface area contributed by atoms with E-state index in [-0.39, 0.29) is 6.04 Å². The van der Waals surface area contributed by atoms with E-state index in [1.54, 1.807) is 0 Å². The van der Waals surface area contributed by atoms with Gasteiger partial charge in [-0.15, -0.1) is 0 Å². The normalized spacial score (nSPS) is 13.0. The summed E-state index contributed by atoms with van der Waals surface area (Å²) in [5.41, 5.74) is 5.53. The van der Waals surface area contributed by atoms with Crippen LogP contribution in [0.5, 0.6) is 0 Å². The van der Waals surface area contributed by atoms with Crippen molar-refractivity contribution < 1.29 is 0 Å². The van der Waals surface area contributed by atoms with Crippen molar-refractivity contribution in [1.29, 1.82) is 0 Å². The minimum absolute atomic E-state index is 0.197. The number of anilines is 1. The van der Waals surface area contributed by atoms with E-state index in [0.29, 0.717) is 0 Å². The molecule has 3 nitrogen and oxygen atoms in total. The highest BCUT2D eigenvalue weighted by Crippen LogP contribution is 1.99. The van der Waals surface area contributed by atoms with E-state index in [1.807, 2.05) is 25.3 Å². The van der Waals surface area contributed by atoms with E-state index in [4.69, 9.17) is 5.73 Å². The van der Waals surface area contributed by atoms with E-state index >= 15 is 0 Å². The van der Waals surface area contributed by atoms with E-state index in [0.717, 1.165) is 12.4 Å². The molecule has 56 valence electrons. The van der Waals surface area contributed by atoms with Crippen LogP contribution in [0.2, 0.25) is 0 Å². The Balaban J connectivity index is 2.28. The van der Waals surface area contributed by atoms with Crippen molar-refractivity contribution in [2.24, 2.45) is 5.73 Å². The molecule has 1 atom stereocenters. The molecular weight excluding hydrogens is 126 g/mol. The van der Waals surface area contributed by atoms with Crippen LogP contribution in [0.15, 0.2) is 18.3 Å². The summed E-state index contributed by atoms with van der Waals surface area (Å²) in [5, 5.41) is 3.14. The number of nitrogens with one attached hydrogen (secondary N) is 2. The Kier molecular flexibility index (Phi) is 2.34. The van der Waals surface area contributed by atoms with Crippen LogP contribution >= 0.6 is 0 Å². The summed E-state index contributed by atoms with van der Waals surface area (Å²) in [7, 11) is 0. The molecule has 1 unspecified atom stereocenters. The second-order valence-corrected chi connectivity index (χ2v) is 2.44. The summed E-state index contributed by atoms with van der Waals surface area (Å²) in [6.07, 6.45) is 1.88. The predicted octanol–water partition coefficient (Wildman–Crippen LogP) is 0.774. The fraction of sp³-hybridized carbons (Fsp3) is 0.429. The van der Waals surface area contributed by atoms with E-state index < -0.39 is 0 Å². The standard InChI is InChI=1S/C7H13N3/c1-6(8)5-10-7-3-2-4-9-7/h2-4,6,9-10H,5,8H2,1H3. The molecule has 0 radical (unpaired) electrons. The van der Waals surface area contributed by atoms with Crippen molar-refractivity contribution in [2.75, 3.05) is 11.9 Å². The first-order valence-electron chi connectivity index (χ1n) is 3.42. The summed E-state index contributed by atoms with van der Waals surface area (Å²) in [6.45, 7) is 2.77. The predicted molar refractivity (Wildman–Crippen MR) is 42.9 cm³/mol. The van der Waals surface area contributed by atoms with E-state index in [1.165, 1.54) is 0 Å². The maximum absolute atomic E-state index is 5.53. The molecule has 0 bridgehead atoms. The van der Waals surface area contributed by atoms with Crippen molar-refractivity contribution in [1.82, 2.24) is 4.98 Å². The van der Waals surface area contributed by atoms with Crippen molar-refractivity contribution in [2.45, 2.75) is 13.0 Å². The zero-order valence-corrected chi connectivity index (χ0v) is 6.09. The quantitative estimate of drug-likeness (QED) is 0.579. The molecule has 1 aromatic heterocycles. The summed E-state index contributed by atoms with van der Waals surface area (Å²) < 4.78 is 0. The first-order valence-corrected chi connectivity index (χ1v) is 3.42. The Hall–Kier alpha value is -0.960. The zero-order valence-electron chi connectivity index (χ0n) is 6.09. The van der Waals surface area contributed by atoms with Gasteiger partial charge in [0.2, 0.25) is 0 Å². The lowest BCUT2D eigenvalue weighted by atomic mass is 10.4. The van der Waals surface area contributed by atoms with Crippen LogP contribution in [0.3, 0.4) is 0 Å². The van der Waals surface area contributed by atoms with Crippen LogP contribution < -0.4 is 11.1 Å². The van der Waals surface area contributed by atoms with Crippen LogP contribution in [0, 0.1) is 0 Å². The topological polar surface area (TPSA) is 53.8 Å². The monoisotopic (exact) mass is 139 g/mol. The third kappa shape index (κ3) is 2.11. The summed E-state index contributed by atoms with van der Waals surface area (Å²) in [6, 6.07) is 4.12. The first kappa shape index (κ1) is 7.15. The van der Waals surface area contributed by atoms with Gasteiger partial charge in [-0.2, -0.15) is 0 Å². The molecular formula is C7H13N3. The highest BCUT2D eigenvalue weighted by atomic mass is 15.0. The fourth-order valence-corrected chi connectivity index (χ4v) is 0.711. The van der Waals surface area contributed by atoms with Crippen molar-refractivity contribution in [3.05, 3.63) is 18.3 Å². The Morgan fingerprint density at radius 2 is 2.60 bits per heavy atom. The van der Waals surface area contributed by atoms with Crippen molar-refractivity contribution >= 4 is 5.82 Å². The SMILES string of the molecule is CC(N)CNc1ccc[nH]1. The van der Waals surface area contributed by atoms with Crippen LogP contribution in [0.25, 0.3) is 0 Å². The highest BCUT2D eigenvalue weighted by Gasteiger charge is 1.92. The number of nitrogens with two attached hydrogens (primary N) is 1. The van der Waals surface area contributed by atoms with Crippen molar-refractivity contribution in [3.8, 4) is 0 Å². The summed E-state index contributed by atoms with van der Waals surface area (Å²) in [5.74, 6) is 1.03. The van der Waals surface area contributed by atoms with Crippen LogP contribution in [-0.2, 0) is 0 Å². The minimum Gasteiger partial charge on any atom is -0.370 e. The fourth-order valence-electron chi connectivity index (χ4n) is 0.711. The maximum Gasteiger partial charge on any atom is 0.103 e. The van der Waals surface area contributed by atoms with Gasteiger partial charge in [0.15, 0.2) is 0 Å². The Morgan fingerprint density at radius 1 is 1.80 bits per heavy atom. The number of rotatable bonds is 3. The zero-order chi connectivity index (χ0) is 7.40. The molecule has 0 fully saturated rings. The Morgan fingerprint density at radius 3 is 3.10 bits per heavy atom. The molecule has 0 aliphatic carbocycles. The molecule has 3 heteroatoms. The first-order chi connectivity index (χ1) is 4.79. The van der Waals surface area contributed by atoms with E-state index in [2.05, 4.69) is 10.3 Å². The Labute approximate surface area is 60.6 Å². The molecule has 1 aromatic rings. The van der Waals surface area contributed by atoms with Gasteiger partial charge in [-0.1, -0.05) is 0 Å². The minimum atomic E-state index is 0.197. The molecule has 0 aliphatic heterocycles. The lowest BCUT2D eigenvalue weighted by Gasteiger charge is -2.05. The second kappa shape index (κ2) is 3.27. The molecule has 1 heterocycles. The largest absolute Gasteiger partial charge is 0.370 e.